The first-order valence-electron chi connectivity index (χ1n) is 12.0. The maximum atomic E-state index is 12.6. The smallest absolute Gasteiger partial charge is 0.240 e. The number of rotatable bonds is 10. The summed E-state index contributed by atoms with van der Waals surface area (Å²) in [6, 6.07) is 16.3. The standard InChI is InChI=1S/C25H28N8O2S/c34-36(35,30-13-6-16-32-14-4-5-15-32)22-11-9-20(10-12-22)17-28-31-24-23-18-29-33(25(23)27-19-26-24)21-7-2-1-3-8-21/h1-3,7-12,17-19,30H,4-6,13-16H2,(H,26,27,31)/b28-17+. The molecule has 1 fully saturated rings. The van der Waals surface area contributed by atoms with Crippen LogP contribution in [0.1, 0.15) is 24.8 Å². The van der Waals surface area contributed by atoms with E-state index in [0.717, 1.165) is 42.7 Å². The van der Waals surface area contributed by atoms with Crippen LogP contribution in [0, 0.1) is 0 Å². The van der Waals surface area contributed by atoms with Crippen molar-refractivity contribution in [1.29, 1.82) is 0 Å². The molecule has 1 saturated heterocycles. The van der Waals surface area contributed by atoms with Gasteiger partial charge in [0.15, 0.2) is 11.5 Å². The average Bonchev–Trinajstić information content (AvgIpc) is 3.58. The van der Waals surface area contributed by atoms with E-state index in [2.05, 4.69) is 35.2 Å². The van der Waals surface area contributed by atoms with Crippen LogP contribution in [0.25, 0.3) is 16.7 Å². The van der Waals surface area contributed by atoms with Crippen molar-refractivity contribution in [3.8, 4) is 5.69 Å². The minimum atomic E-state index is -3.54. The molecule has 186 valence electrons. The third-order valence-corrected chi connectivity index (χ3v) is 7.56. The lowest BCUT2D eigenvalue weighted by atomic mass is 10.2. The number of hydrazone groups is 1. The Kier molecular flexibility index (Phi) is 7.31. The summed E-state index contributed by atoms with van der Waals surface area (Å²) in [6.45, 7) is 3.59. The number of likely N-dealkylation sites (tertiary alicyclic amines) is 1. The summed E-state index contributed by atoms with van der Waals surface area (Å²) in [5, 5.41) is 9.42. The van der Waals surface area contributed by atoms with Gasteiger partial charge in [0.05, 0.1) is 28.4 Å². The van der Waals surface area contributed by atoms with Gasteiger partial charge in [0.2, 0.25) is 10.0 Å². The highest BCUT2D eigenvalue weighted by molar-refractivity contribution is 7.89. The van der Waals surface area contributed by atoms with E-state index in [1.54, 1.807) is 41.4 Å². The highest BCUT2D eigenvalue weighted by atomic mass is 32.2. The maximum Gasteiger partial charge on any atom is 0.240 e. The molecule has 2 N–H and O–H groups in total. The molecular weight excluding hydrogens is 476 g/mol. The fraction of sp³-hybridized carbons (Fsp3) is 0.280. The van der Waals surface area contributed by atoms with Crippen molar-refractivity contribution in [3.63, 3.8) is 0 Å². The van der Waals surface area contributed by atoms with E-state index in [9.17, 15) is 8.42 Å². The van der Waals surface area contributed by atoms with Crippen LogP contribution in [0.15, 0.2) is 77.1 Å². The third-order valence-electron chi connectivity index (χ3n) is 6.08. The summed E-state index contributed by atoms with van der Waals surface area (Å²) in [5.41, 5.74) is 5.25. The molecule has 0 atom stereocenters. The van der Waals surface area contributed by atoms with Gasteiger partial charge in [-0.05, 0) is 68.7 Å². The predicted molar refractivity (Wildman–Crippen MR) is 140 cm³/mol. The predicted octanol–water partition coefficient (Wildman–Crippen LogP) is 3.03. The molecule has 1 aliphatic heterocycles. The highest BCUT2D eigenvalue weighted by Crippen LogP contribution is 2.21. The maximum absolute atomic E-state index is 12.6. The Bertz CT molecular complexity index is 1430. The van der Waals surface area contributed by atoms with Crippen LogP contribution in [-0.4, -0.2) is 65.5 Å². The van der Waals surface area contributed by atoms with Crippen molar-refractivity contribution in [2.75, 3.05) is 31.6 Å². The molecule has 0 saturated carbocycles. The van der Waals surface area contributed by atoms with Gasteiger partial charge >= 0.3 is 0 Å². The van der Waals surface area contributed by atoms with Gasteiger partial charge in [0.25, 0.3) is 0 Å². The van der Waals surface area contributed by atoms with E-state index in [1.165, 1.54) is 19.2 Å². The number of benzene rings is 2. The number of fused-ring (bicyclic) bond motifs is 1. The molecule has 0 radical (unpaired) electrons. The van der Waals surface area contributed by atoms with Gasteiger partial charge in [-0.25, -0.2) is 27.8 Å². The number of hydrogen-bond acceptors (Lipinski definition) is 8. The Morgan fingerprint density at radius 2 is 1.78 bits per heavy atom. The molecule has 0 bridgehead atoms. The molecule has 2 aromatic carbocycles. The van der Waals surface area contributed by atoms with E-state index in [-0.39, 0.29) is 4.90 Å². The SMILES string of the molecule is O=S(=O)(NCCCN1CCCC1)c1ccc(/C=N/Nc2ncnc3c2cnn3-c2ccccc2)cc1. The summed E-state index contributed by atoms with van der Waals surface area (Å²) in [6.07, 6.45) is 8.03. The zero-order chi connectivity index (χ0) is 24.8. The van der Waals surface area contributed by atoms with Crippen LogP contribution >= 0.6 is 0 Å². The summed E-state index contributed by atoms with van der Waals surface area (Å²) >= 11 is 0. The summed E-state index contributed by atoms with van der Waals surface area (Å²) in [4.78, 5) is 11.2. The van der Waals surface area contributed by atoms with Crippen LogP contribution in [0.5, 0.6) is 0 Å². The Balaban J connectivity index is 1.19. The van der Waals surface area contributed by atoms with Crippen LogP contribution < -0.4 is 10.1 Å². The molecule has 0 amide bonds. The second kappa shape index (κ2) is 10.9. The number of aromatic nitrogens is 4. The molecule has 1 aliphatic rings. The molecule has 10 nitrogen and oxygen atoms in total. The van der Waals surface area contributed by atoms with Crippen LogP contribution in [0.3, 0.4) is 0 Å². The quantitative estimate of drug-likeness (QED) is 0.194. The summed E-state index contributed by atoms with van der Waals surface area (Å²) in [7, 11) is -3.54. The largest absolute Gasteiger partial charge is 0.303 e. The number of anilines is 1. The normalized spacial score (nSPS) is 14.7. The molecule has 0 aliphatic carbocycles. The van der Waals surface area contributed by atoms with Crippen LogP contribution in [0.2, 0.25) is 0 Å². The number of para-hydroxylation sites is 1. The highest BCUT2D eigenvalue weighted by Gasteiger charge is 2.15. The zero-order valence-corrected chi connectivity index (χ0v) is 20.6. The van der Waals surface area contributed by atoms with Crippen molar-refractivity contribution in [3.05, 3.63) is 72.7 Å². The number of nitrogens with zero attached hydrogens (tertiary/aromatic N) is 6. The van der Waals surface area contributed by atoms with Gasteiger partial charge in [0.1, 0.15) is 6.33 Å². The molecule has 4 aromatic rings. The Hall–Kier alpha value is -3.67. The fourth-order valence-electron chi connectivity index (χ4n) is 4.19. The van der Waals surface area contributed by atoms with E-state index < -0.39 is 10.0 Å². The Morgan fingerprint density at radius 3 is 2.56 bits per heavy atom. The third kappa shape index (κ3) is 5.59. The minimum Gasteiger partial charge on any atom is -0.303 e. The minimum absolute atomic E-state index is 0.236. The number of hydrogen-bond donors (Lipinski definition) is 2. The Morgan fingerprint density at radius 1 is 1.00 bits per heavy atom. The zero-order valence-electron chi connectivity index (χ0n) is 19.8. The lowest BCUT2D eigenvalue weighted by molar-refractivity contribution is 0.334. The number of sulfonamides is 1. The van der Waals surface area contributed by atoms with Crippen molar-refractivity contribution in [1.82, 2.24) is 29.4 Å². The van der Waals surface area contributed by atoms with Crippen LogP contribution in [-0.2, 0) is 10.0 Å². The monoisotopic (exact) mass is 504 g/mol. The topological polar surface area (TPSA) is 117 Å². The van der Waals surface area contributed by atoms with Gasteiger partial charge in [0, 0.05) is 6.54 Å². The molecular formula is C25H28N8O2S. The first-order valence-corrected chi connectivity index (χ1v) is 13.4. The molecule has 11 heteroatoms. The van der Waals surface area contributed by atoms with Crippen LogP contribution in [0.4, 0.5) is 5.82 Å². The van der Waals surface area contributed by atoms with E-state index in [0.29, 0.717) is 18.0 Å². The van der Waals surface area contributed by atoms with Gasteiger partial charge in [-0.2, -0.15) is 10.2 Å². The van der Waals surface area contributed by atoms with Crippen molar-refractivity contribution < 1.29 is 8.42 Å². The van der Waals surface area contributed by atoms with Gasteiger partial charge in [-0.3, -0.25) is 5.43 Å². The van der Waals surface area contributed by atoms with Gasteiger partial charge in [-0.1, -0.05) is 30.3 Å². The van der Waals surface area contributed by atoms with Gasteiger partial charge in [-0.15, -0.1) is 0 Å². The second-order valence-electron chi connectivity index (χ2n) is 8.59. The first kappa shape index (κ1) is 24.0. The molecule has 0 unspecified atom stereocenters. The van der Waals surface area contributed by atoms with Crippen molar-refractivity contribution in [2.24, 2.45) is 5.10 Å². The molecule has 3 heterocycles. The molecule has 36 heavy (non-hydrogen) atoms. The first-order chi connectivity index (χ1) is 17.6. The average molecular weight is 505 g/mol. The van der Waals surface area contributed by atoms with E-state index >= 15 is 0 Å². The second-order valence-corrected chi connectivity index (χ2v) is 10.4. The number of nitrogens with one attached hydrogen (secondary N) is 2. The van der Waals surface area contributed by atoms with Gasteiger partial charge < -0.3 is 4.90 Å². The molecule has 5 rings (SSSR count). The van der Waals surface area contributed by atoms with E-state index in [4.69, 9.17) is 0 Å². The summed E-state index contributed by atoms with van der Waals surface area (Å²) in [5.74, 6) is 0.524. The summed E-state index contributed by atoms with van der Waals surface area (Å²) < 4.78 is 29.6. The lowest BCUT2D eigenvalue weighted by Gasteiger charge is -2.14. The Labute approximate surface area is 210 Å². The van der Waals surface area contributed by atoms with Crippen molar-refractivity contribution >= 4 is 33.1 Å². The van der Waals surface area contributed by atoms with E-state index in [1.807, 2.05) is 30.3 Å². The molecule has 2 aromatic heterocycles. The molecule has 0 spiro atoms. The lowest BCUT2D eigenvalue weighted by Crippen LogP contribution is -2.28. The van der Waals surface area contributed by atoms with Crippen molar-refractivity contribution in [2.45, 2.75) is 24.2 Å². The fourth-order valence-corrected chi connectivity index (χ4v) is 5.27.